The molecule has 9 heteroatoms. The third-order valence-electron chi connectivity index (χ3n) is 6.96. The molecule has 0 saturated carbocycles. The van der Waals surface area contributed by atoms with Crippen LogP contribution in [0.15, 0.2) is 12.7 Å². The van der Waals surface area contributed by atoms with Gasteiger partial charge in [0, 0.05) is 6.61 Å². The minimum atomic E-state index is -0.951. The standard InChI is InChI=1S/C26H45N5O4/c1-2-3-4-5-6-7-8-9-10-11-12-13-14-15-16-34-23-20(17-32)35-26(22(23)33)31-19-30-21-24(27)28-18-29-25(21)31/h18-20,22-23,26,32-33H,2-17H2,1H3,(H2,27,28,29)/t20-,22?,23+,26-/m1/s1. The first-order valence-corrected chi connectivity index (χ1v) is 13.7. The number of rotatable bonds is 18. The molecule has 4 atom stereocenters. The summed E-state index contributed by atoms with van der Waals surface area (Å²) in [4.78, 5) is 12.4. The van der Waals surface area contributed by atoms with Gasteiger partial charge >= 0.3 is 0 Å². The van der Waals surface area contributed by atoms with Crippen molar-refractivity contribution in [3.8, 4) is 0 Å². The number of aliphatic hydroxyl groups excluding tert-OH is 2. The lowest BCUT2D eigenvalue weighted by Crippen LogP contribution is -2.36. The van der Waals surface area contributed by atoms with E-state index in [1.807, 2.05) is 0 Å². The van der Waals surface area contributed by atoms with E-state index < -0.39 is 24.5 Å². The maximum atomic E-state index is 10.9. The first kappa shape index (κ1) is 27.8. The second kappa shape index (κ2) is 15.3. The van der Waals surface area contributed by atoms with E-state index in [0.29, 0.717) is 17.8 Å². The van der Waals surface area contributed by atoms with Crippen molar-refractivity contribution in [1.29, 1.82) is 0 Å². The van der Waals surface area contributed by atoms with E-state index in [0.717, 1.165) is 12.8 Å². The average Bonchev–Trinajstić information content (AvgIpc) is 3.43. The molecule has 3 rings (SSSR count). The lowest BCUT2D eigenvalue weighted by molar-refractivity contribution is -0.0609. The van der Waals surface area contributed by atoms with E-state index in [9.17, 15) is 10.2 Å². The quantitative estimate of drug-likeness (QED) is 0.260. The molecule has 1 aliphatic heterocycles. The topological polar surface area (TPSA) is 129 Å². The zero-order valence-corrected chi connectivity index (χ0v) is 21.4. The maximum absolute atomic E-state index is 10.9. The third-order valence-corrected chi connectivity index (χ3v) is 6.96. The number of hydrogen-bond acceptors (Lipinski definition) is 8. The van der Waals surface area contributed by atoms with Gasteiger partial charge in [-0.2, -0.15) is 0 Å². The number of imidazole rings is 1. The summed E-state index contributed by atoms with van der Waals surface area (Å²) >= 11 is 0. The summed E-state index contributed by atoms with van der Waals surface area (Å²) in [5, 5.41) is 20.6. The van der Waals surface area contributed by atoms with Gasteiger partial charge in [0.05, 0.1) is 12.9 Å². The van der Waals surface area contributed by atoms with Gasteiger partial charge in [0.1, 0.15) is 30.2 Å². The van der Waals surface area contributed by atoms with E-state index >= 15 is 0 Å². The Morgan fingerprint density at radius 1 is 0.914 bits per heavy atom. The Hall–Kier alpha value is -1.81. The van der Waals surface area contributed by atoms with Crippen LogP contribution >= 0.6 is 0 Å². The summed E-state index contributed by atoms with van der Waals surface area (Å²) < 4.78 is 13.5. The lowest BCUT2D eigenvalue weighted by Gasteiger charge is -2.20. The molecule has 3 heterocycles. The minimum Gasteiger partial charge on any atom is -0.394 e. The van der Waals surface area contributed by atoms with E-state index in [2.05, 4.69) is 21.9 Å². The molecule has 0 spiro atoms. The Morgan fingerprint density at radius 3 is 2.11 bits per heavy atom. The van der Waals surface area contributed by atoms with Crippen molar-refractivity contribution in [2.75, 3.05) is 18.9 Å². The maximum Gasteiger partial charge on any atom is 0.167 e. The molecule has 1 fully saturated rings. The number of aromatic nitrogens is 4. The molecular weight excluding hydrogens is 446 g/mol. The van der Waals surface area contributed by atoms with Crippen LogP contribution in [0.4, 0.5) is 5.82 Å². The van der Waals surface area contributed by atoms with Crippen LogP contribution in [0.5, 0.6) is 0 Å². The van der Waals surface area contributed by atoms with Crippen LogP contribution in [-0.4, -0.2) is 61.3 Å². The summed E-state index contributed by atoms with van der Waals surface area (Å²) in [5.41, 5.74) is 6.79. The van der Waals surface area contributed by atoms with Gasteiger partial charge in [-0.25, -0.2) is 15.0 Å². The van der Waals surface area contributed by atoms with E-state index in [1.54, 1.807) is 4.57 Å². The van der Waals surface area contributed by atoms with Crippen LogP contribution in [0, 0.1) is 0 Å². The summed E-state index contributed by atoms with van der Waals surface area (Å²) in [7, 11) is 0. The van der Waals surface area contributed by atoms with Gasteiger partial charge in [0.15, 0.2) is 17.7 Å². The van der Waals surface area contributed by atoms with Crippen molar-refractivity contribution in [3.05, 3.63) is 12.7 Å². The molecule has 1 saturated heterocycles. The molecular formula is C26H45N5O4. The van der Waals surface area contributed by atoms with Crippen LogP contribution < -0.4 is 5.73 Å². The van der Waals surface area contributed by atoms with Crippen LogP contribution in [-0.2, 0) is 9.47 Å². The van der Waals surface area contributed by atoms with Crippen molar-refractivity contribution in [3.63, 3.8) is 0 Å². The molecule has 4 N–H and O–H groups in total. The van der Waals surface area contributed by atoms with Crippen LogP contribution in [0.1, 0.15) is 103 Å². The molecule has 1 aliphatic rings. The zero-order valence-electron chi connectivity index (χ0n) is 21.4. The average molecular weight is 492 g/mol. The van der Waals surface area contributed by atoms with Crippen LogP contribution in [0.2, 0.25) is 0 Å². The number of fused-ring (bicyclic) bond motifs is 1. The van der Waals surface area contributed by atoms with Crippen LogP contribution in [0.3, 0.4) is 0 Å². The SMILES string of the molecule is CCCCCCCCCCCCCCCCO[C@@H]1C(O)[C@H](n2cnc3c(N)ncnc32)O[C@@H]1CO. The molecule has 1 unspecified atom stereocenters. The predicted molar refractivity (Wildman–Crippen MR) is 137 cm³/mol. The zero-order chi connectivity index (χ0) is 24.9. The Bertz CT molecular complexity index is 848. The van der Waals surface area contributed by atoms with Crippen molar-refractivity contribution in [2.24, 2.45) is 0 Å². The highest BCUT2D eigenvalue weighted by Gasteiger charge is 2.45. The summed E-state index contributed by atoms with van der Waals surface area (Å²) in [5.74, 6) is 0.269. The number of ether oxygens (including phenoxy) is 2. The third kappa shape index (κ3) is 8.10. The number of nitrogens with two attached hydrogens (primary N) is 1. The summed E-state index contributed by atoms with van der Waals surface area (Å²) in [6.45, 7) is 2.56. The van der Waals surface area contributed by atoms with Crippen molar-refractivity contribution in [2.45, 2.75) is 121 Å². The molecule has 2 aromatic rings. The van der Waals surface area contributed by atoms with E-state index in [-0.39, 0.29) is 12.4 Å². The smallest absolute Gasteiger partial charge is 0.167 e. The Kier molecular flexibility index (Phi) is 12.2. The molecule has 0 radical (unpaired) electrons. The lowest BCUT2D eigenvalue weighted by atomic mass is 10.0. The van der Waals surface area contributed by atoms with Gasteiger partial charge in [-0.1, -0.05) is 90.4 Å². The van der Waals surface area contributed by atoms with Gasteiger partial charge in [0.25, 0.3) is 0 Å². The second-order valence-electron chi connectivity index (χ2n) is 9.75. The highest BCUT2D eigenvalue weighted by molar-refractivity contribution is 5.81. The Labute approximate surface area is 209 Å². The molecule has 0 aliphatic carbocycles. The van der Waals surface area contributed by atoms with Gasteiger partial charge in [-0.3, -0.25) is 4.57 Å². The van der Waals surface area contributed by atoms with Crippen molar-refractivity contribution < 1.29 is 19.7 Å². The monoisotopic (exact) mass is 491 g/mol. The van der Waals surface area contributed by atoms with Gasteiger partial charge in [-0.05, 0) is 6.42 Å². The highest BCUT2D eigenvalue weighted by Crippen LogP contribution is 2.33. The fourth-order valence-electron chi connectivity index (χ4n) is 4.87. The number of unbranched alkanes of at least 4 members (excludes halogenated alkanes) is 13. The first-order chi connectivity index (χ1) is 17.2. The fourth-order valence-corrected chi connectivity index (χ4v) is 4.87. The van der Waals surface area contributed by atoms with Gasteiger partial charge in [0.2, 0.25) is 0 Å². The molecule has 0 bridgehead atoms. The predicted octanol–water partition coefficient (Wildman–Crippen LogP) is 4.53. The van der Waals surface area contributed by atoms with Crippen LogP contribution in [0.25, 0.3) is 11.2 Å². The molecule has 198 valence electrons. The van der Waals surface area contributed by atoms with Gasteiger partial charge < -0.3 is 25.4 Å². The number of nitrogens with zero attached hydrogens (tertiary/aromatic N) is 4. The summed E-state index contributed by atoms with van der Waals surface area (Å²) in [6, 6.07) is 0. The number of nitrogen functional groups attached to an aromatic ring is 1. The second-order valence-corrected chi connectivity index (χ2v) is 9.75. The van der Waals surface area contributed by atoms with E-state index in [1.165, 1.54) is 89.7 Å². The largest absolute Gasteiger partial charge is 0.394 e. The number of anilines is 1. The molecule has 2 aromatic heterocycles. The molecule has 9 nitrogen and oxygen atoms in total. The Balaban J connectivity index is 1.28. The molecule has 0 aromatic carbocycles. The van der Waals surface area contributed by atoms with Crippen molar-refractivity contribution >= 4 is 17.0 Å². The molecule has 0 amide bonds. The van der Waals surface area contributed by atoms with E-state index in [4.69, 9.17) is 15.2 Å². The number of hydrogen-bond donors (Lipinski definition) is 3. The van der Waals surface area contributed by atoms with Gasteiger partial charge in [-0.15, -0.1) is 0 Å². The number of aliphatic hydroxyl groups is 2. The molecule has 35 heavy (non-hydrogen) atoms. The van der Waals surface area contributed by atoms with Crippen molar-refractivity contribution in [1.82, 2.24) is 19.5 Å². The normalized spacial score (nSPS) is 22.4. The first-order valence-electron chi connectivity index (χ1n) is 13.7. The highest BCUT2D eigenvalue weighted by atomic mass is 16.6. The fraction of sp³-hybridized carbons (Fsp3) is 0.808. The minimum absolute atomic E-state index is 0.235. The summed E-state index contributed by atoms with van der Waals surface area (Å²) in [6.07, 6.45) is 18.2. The Morgan fingerprint density at radius 2 is 1.51 bits per heavy atom.